The fourth-order valence-electron chi connectivity index (χ4n) is 1.87. The van der Waals surface area contributed by atoms with E-state index in [4.69, 9.17) is 4.74 Å². The monoisotopic (exact) mass is 185 g/mol. The zero-order chi connectivity index (χ0) is 9.68. The molecule has 0 radical (unpaired) electrons. The van der Waals surface area contributed by atoms with Crippen molar-refractivity contribution in [2.24, 2.45) is 0 Å². The molecule has 1 aliphatic heterocycles. The summed E-state index contributed by atoms with van der Waals surface area (Å²) in [5.41, 5.74) is 0. The molecule has 13 heavy (non-hydrogen) atoms. The number of amides is 1. The van der Waals surface area contributed by atoms with Gasteiger partial charge in [-0.2, -0.15) is 0 Å². The quantitative estimate of drug-likeness (QED) is 0.661. The van der Waals surface area contributed by atoms with E-state index in [0.717, 1.165) is 25.8 Å². The van der Waals surface area contributed by atoms with Crippen molar-refractivity contribution in [2.45, 2.75) is 45.6 Å². The molecule has 1 aliphatic rings. The van der Waals surface area contributed by atoms with E-state index in [0.29, 0.717) is 12.6 Å². The second-order valence-electron chi connectivity index (χ2n) is 3.45. The van der Waals surface area contributed by atoms with Gasteiger partial charge in [0.15, 0.2) is 0 Å². The van der Waals surface area contributed by atoms with Crippen molar-refractivity contribution in [2.75, 3.05) is 13.2 Å². The summed E-state index contributed by atoms with van der Waals surface area (Å²) < 4.78 is 5.00. The minimum Gasteiger partial charge on any atom is -0.450 e. The first-order chi connectivity index (χ1) is 6.29. The lowest BCUT2D eigenvalue weighted by molar-refractivity contribution is 0.0758. The molecule has 0 aromatic rings. The number of rotatable bonds is 2. The number of likely N-dealkylation sites (tertiary alicyclic amines) is 1. The molecule has 0 aromatic heterocycles. The molecule has 1 amide bonds. The Bertz CT molecular complexity index is 170. The Balaban J connectivity index is 2.48. The molecule has 1 heterocycles. The topological polar surface area (TPSA) is 29.5 Å². The van der Waals surface area contributed by atoms with E-state index in [9.17, 15) is 4.79 Å². The van der Waals surface area contributed by atoms with E-state index in [1.165, 1.54) is 6.42 Å². The Kier molecular flexibility index (Phi) is 4.06. The summed E-state index contributed by atoms with van der Waals surface area (Å²) in [5.74, 6) is 0. The summed E-state index contributed by atoms with van der Waals surface area (Å²) in [6.45, 7) is 5.33. The molecule has 0 unspecified atom stereocenters. The van der Waals surface area contributed by atoms with Crippen LogP contribution >= 0.6 is 0 Å². The molecular formula is C10H19NO2. The van der Waals surface area contributed by atoms with Gasteiger partial charge in [0.2, 0.25) is 0 Å². The molecule has 0 aliphatic carbocycles. The second kappa shape index (κ2) is 5.10. The Labute approximate surface area is 80.1 Å². The summed E-state index contributed by atoms with van der Waals surface area (Å²) in [7, 11) is 0. The van der Waals surface area contributed by atoms with Gasteiger partial charge in [0.1, 0.15) is 0 Å². The molecule has 1 saturated heterocycles. The van der Waals surface area contributed by atoms with Crippen molar-refractivity contribution in [1.29, 1.82) is 0 Å². The van der Waals surface area contributed by atoms with Crippen molar-refractivity contribution in [3.05, 3.63) is 0 Å². The van der Waals surface area contributed by atoms with Crippen molar-refractivity contribution in [3.8, 4) is 0 Å². The van der Waals surface area contributed by atoms with Gasteiger partial charge in [0.05, 0.1) is 6.61 Å². The highest BCUT2D eigenvalue weighted by atomic mass is 16.6. The van der Waals surface area contributed by atoms with E-state index < -0.39 is 0 Å². The van der Waals surface area contributed by atoms with E-state index in [-0.39, 0.29) is 6.09 Å². The summed E-state index contributed by atoms with van der Waals surface area (Å²) >= 11 is 0. The third-order valence-corrected chi connectivity index (χ3v) is 2.60. The number of piperidine rings is 1. The molecule has 1 rings (SSSR count). The van der Waals surface area contributed by atoms with Gasteiger partial charge in [-0.05, 0) is 32.6 Å². The van der Waals surface area contributed by atoms with Crippen LogP contribution in [0, 0.1) is 0 Å². The average molecular weight is 185 g/mol. The van der Waals surface area contributed by atoms with Gasteiger partial charge in [-0.25, -0.2) is 4.79 Å². The Morgan fingerprint density at radius 2 is 2.23 bits per heavy atom. The number of carbonyl (C=O) groups is 1. The third kappa shape index (κ3) is 2.61. The highest BCUT2D eigenvalue weighted by Gasteiger charge is 2.25. The predicted molar refractivity (Wildman–Crippen MR) is 51.7 cm³/mol. The summed E-state index contributed by atoms with van der Waals surface area (Å²) in [4.78, 5) is 13.4. The maximum atomic E-state index is 11.5. The molecule has 0 saturated carbocycles. The summed E-state index contributed by atoms with van der Waals surface area (Å²) in [5, 5.41) is 0. The van der Waals surface area contributed by atoms with Crippen LogP contribution in [0.3, 0.4) is 0 Å². The zero-order valence-corrected chi connectivity index (χ0v) is 8.58. The van der Waals surface area contributed by atoms with Crippen LogP contribution in [-0.2, 0) is 4.74 Å². The maximum Gasteiger partial charge on any atom is 0.409 e. The van der Waals surface area contributed by atoms with Gasteiger partial charge < -0.3 is 9.64 Å². The molecule has 3 nitrogen and oxygen atoms in total. The molecule has 0 spiro atoms. The van der Waals surface area contributed by atoms with Crippen LogP contribution < -0.4 is 0 Å². The zero-order valence-electron chi connectivity index (χ0n) is 8.58. The van der Waals surface area contributed by atoms with Gasteiger partial charge in [-0.1, -0.05) is 6.92 Å². The highest BCUT2D eigenvalue weighted by Crippen LogP contribution is 2.19. The van der Waals surface area contributed by atoms with Gasteiger partial charge in [0, 0.05) is 12.6 Å². The number of ether oxygens (including phenoxy) is 1. The van der Waals surface area contributed by atoms with Gasteiger partial charge >= 0.3 is 6.09 Å². The van der Waals surface area contributed by atoms with Crippen molar-refractivity contribution < 1.29 is 9.53 Å². The Morgan fingerprint density at radius 3 is 2.85 bits per heavy atom. The first kappa shape index (κ1) is 10.4. The predicted octanol–water partition coefficient (Wildman–Crippen LogP) is 2.41. The average Bonchev–Trinajstić information content (AvgIpc) is 2.18. The molecule has 3 heteroatoms. The van der Waals surface area contributed by atoms with E-state index in [1.54, 1.807) is 0 Å². The normalized spacial score (nSPS) is 22.9. The van der Waals surface area contributed by atoms with Crippen molar-refractivity contribution in [1.82, 2.24) is 4.90 Å². The molecule has 0 bridgehead atoms. The number of hydrogen-bond donors (Lipinski definition) is 0. The fourth-order valence-corrected chi connectivity index (χ4v) is 1.87. The molecule has 76 valence electrons. The molecular weight excluding hydrogens is 166 g/mol. The largest absolute Gasteiger partial charge is 0.450 e. The molecule has 1 fully saturated rings. The number of carbonyl (C=O) groups excluding carboxylic acids is 1. The smallest absolute Gasteiger partial charge is 0.409 e. The Hall–Kier alpha value is -0.730. The van der Waals surface area contributed by atoms with Gasteiger partial charge in [-0.15, -0.1) is 0 Å². The van der Waals surface area contributed by atoms with E-state index in [1.807, 2.05) is 11.8 Å². The molecule has 0 N–H and O–H groups in total. The highest BCUT2D eigenvalue weighted by molar-refractivity contribution is 5.68. The summed E-state index contributed by atoms with van der Waals surface area (Å²) in [6, 6.07) is 0.410. The second-order valence-corrected chi connectivity index (χ2v) is 3.45. The van der Waals surface area contributed by atoms with Crippen molar-refractivity contribution >= 4 is 6.09 Å². The lowest BCUT2D eigenvalue weighted by Crippen LogP contribution is -2.43. The number of hydrogen-bond acceptors (Lipinski definition) is 2. The fraction of sp³-hybridized carbons (Fsp3) is 0.900. The standard InChI is InChI=1S/C10H19NO2/c1-3-9-7-5-6-8-11(9)10(12)13-4-2/h9H,3-8H2,1-2H3/t9-/m0/s1. The lowest BCUT2D eigenvalue weighted by atomic mass is 10.0. The molecule has 1 atom stereocenters. The van der Waals surface area contributed by atoms with E-state index in [2.05, 4.69) is 6.92 Å². The first-order valence-electron chi connectivity index (χ1n) is 5.23. The van der Waals surface area contributed by atoms with Crippen LogP contribution in [0.2, 0.25) is 0 Å². The van der Waals surface area contributed by atoms with Crippen LogP contribution in [-0.4, -0.2) is 30.2 Å². The van der Waals surface area contributed by atoms with E-state index >= 15 is 0 Å². The van der Waals surface area contributed by atoms with Gasteiger partial charge in [0.25, 0.3) is 0 Å². The van der Waals surface area contributed by atoms with Crippen LogP contribution in [0.15, 0.2) is 0 Å². The van der Waals surface area contributed by atoms with Gasteiger partial charge in [-0.3, -0.25) is 0 Å². The van der Waals surface area contributed by atoms with Crippen molar-refractivity contribution in [3.63, 3.8) is 0 Å². The first-order valence-corrected chi connectivity index (χ1v) is 5.23. The van der Waals surface area contributed by atoms with Crippen LogP contribution in [0.5, 0.6) is 0 Å². The minimum absolute atomic E-state index is 0.131. The summed E-state index contributed by atoms with van der Waals surface area (Å²) in [6.07, 6.45) is 4.41. The Morgan fingerprint density at radius 1 is 1.46 bits per heavy atom. The van der Waals surface area contributed by atoms with Crippen LogP contribution in [0.1, 0.15) is 39.5 Å². The third-order valence-electron chi connectivity index (χ3n) is 2.60. The lowest BCUT2D eigenvalue weighted by Gasteiger charge is -2.34. The SMILES string of the molecule is CCOC(=O)N1CCCC[C@@H]1CC. The molecule has 0 aromatic carbocycles. The maximum absolute atomic E-state index is 11.5. The van der Waals surface area contributed by atoms with Crippen LogP contribution in [0.4, 0.5) is 4.79 Å². The number of nitrogens with zero attached hydrogens (tertiary/aromatic N) is 1. The van der Waals surface area contributed by atoms with Crippen LogP contribution in [0.25, 0.3) is 0 Å². The minimum atomic E-state index is -0.131.